The second-order valence-electron chi connectivity index (χ2n) is 4.24. The number of nitrogens with zero attached hydrogens (tertiary/aromatic N) is 3. The van der Waals surface area contributed by atoms with E-state index in [4.69, 9.17) is 5.53 Å². The second kappa shape index (κ2) is 5.01. The van der Waals surface area contributed by atoms with Gasteiger partial charge in [0.2, 0.25) is 0 Å². The SMILES string of the molecule is CNC(=O)N(N=N)c1cc([N+](=O)[O-])ccc1C1CC1. The van der Waals surface area contributed by atoms with E-state index < -0.39 is 11.0 Å². The molecule has 2 amide bonds. The van der Waals surface area contributed by atoms with Crippen molar-refractivity contribution in [3.05, 3.63) is 33.9 Å². The van der Waals surface area contributed by atoms with Crippen LogP contribution in [0, 0.1) is 15.6 Å². The number of urea groups is 1. The monoisotopic (exact) mass is 263 g/mol. The van der Waals surface area contributed by atoms with Crippen LogP contribution in [0.2, 0.25) is 0 Å². The summed E-state index contributed by atoms with van der Waals surface area (Å²) in [6.45, 7) is 0. The molecule has 100 valence electrons. The van der Waals surface area contributed by atoms with Crippen molar-refractivity contribution in [3.63, 3.8) is 0 Å². The number of hydrogen-bond acceptors (Lipinski definition) is 5. The lowest BCUT2D eigenvalue weighted by Gasteiger charge is -2.17. The van der Waals surface area contributed by atoms with Crippen molar-refractivity contribution >= 4 is 17.4 Å². The summed E-state index contributed by atoms with van der Waals surface area (Å²) in [5, 5.41) is 17.1. The van der Waals surface area contributed by atoms with E-state index in [0.29, 0.717) is 5.69 Å². The van der Waals surface area contributed by atoms with Gasteiger partial charge in [-0.25, -0.2) is 4.79 Å². The molecule has 19 heavy (non-hydrogen) atoms. The molecule has 1 saturated carbocycles. The van der Waals surface area contributed by atoms with Crippen LogP contribution in [0.25, 0.3) is 0 Å². The molecule has 1 aromatic rings. The number of anilines is 1. The van der Waals surface area contributed by atoms with Gasteiger partial charge in [0.1, 0.15) is 0 Å². The summed E-state index contributed by atoms with van der Waals surface area (Å²) in [6, 6.07) is 3.72. The van der Waals surface area contributed by atoms with Gasteiger partial charge in [0.05, 0.1) is 10.6 Å². The molecular formula is C11H13N5O3. The summed E-state index contributed by atoms with van der Waals surface area (Å²) in [4.78, 5) is 21.9. The summed E-state index contributed by atoms with van der Waals surface area (Å²) in [5.41, 5.74) is 8.07. The molecule has 8 nitrogen and oxygen atoms in total. The Morgan fingerprint density at radius 3 is 2.74 bits per heavy atom. The maximum atomic E-state index is 11.7. The molecule has 0 atom stereocenters. The smallest absolute Gasteiger partial charge is 0.339 e. The molecule has 2 N–H and O–H groups in total. The first-order valence-corrected chi connectivity index (χ1v) is 5.76. The van der Waals surface area contributed by atoms with Gasteiger partial charge in [0.15, 0.2) is 0 Å². The molecule has 1 aromatic carbocycles. The first kappa shape index (κ1) is 12.9. The molecule has 0 aromatic heterocycles. The van der Waals surface area contributed by atoms with E-state index in [0.717, 1.165) is 23.4 Å². The minimum Gasteiger partial charge on any atom is -0.339 e. The number of nitrogens with one attached hydrogen (secondary N) is 2. The third-order valence-corrected chi connectivity index (χ3v) is 2.98. The van der Waals surface area contributed by atoms with Gasteiger partial charge in [-0.1, -0.05) is 5.22 Å². The number of amides is 2. The minimum atomic E-state index is -0.600. The topological polar surface area (TPSA) is 112 Å². The van der Waals surface area contributed by atoms with Crippen molar-refractivity contribution < 1.29 is 9.72 Å². The third-order valence-electron chi connectivity index (χ3n) is 2.98. The Bertz CT molecular complexity index is 541. The molecule has 2 rings (SSSR count). The minimum absolute atomic E-state index is 0.128. The van der Waals surface area contributed by atoms with E-state index in [1.165, 1.54) is 19.2 Å². The van der Waals surface area contributed by atoms with Crippen LogP contribution in [-0.2, 0) is 0 Å². The molecule has 1 aliphatic carbocycles. The molecule has 0 unspecified atom stereocenters. The Kier molecular flexibility index (Phi) is 3.41. The number of benzene rings is 1. The van der Waals surface area contributed by atoms with E-state index in [1.54, 1.807) is 6.07 Å². The fraction of sp³-hybridized carbons (Fsp3) is 0.364. The van der Waals surface area contributed by atoms with Crippen LogP contribution in [0.3, 0.4) is 0 Å². The van der Waals surface area contributed by atoms with E-state index in [-0.39, 0.29) is 11.6 Å². The molecule has 1 aliphatic rings. The van der Waals surface area contributed by atoms with Gasteiger partial charge in [-0.15, -0.1) is 0 Å². The Labute approximate surface area is 109 Å². The fourth-order valence-electron chi connectivity index (χ4n) is 1.88. The summed E-state index contributed by atoms with van der Waals surface area (Å²) < 4.78 is 0. The van der Waals surface area contributed by atoms with Crippen LogP contribution < -0.4 is 10.3 Å². The lowest BCUT2D eigenvalue weighted by molar-refractivity contribution is -0.384. The van der Waals surface area contributed by atoms with Crippen molar-refractivity contribution in [2.75, 3.05) is 12.1 Å². The second-order valence-corrected chi connectivity index (χ2v) is 4.24. The van der Waals surface area contributed by atoms with Gasteiger partial charge in [-0.2, -0.15) is 10.5 Å². The number of carbonyl (C=O) groups excluding carboxylic acids is 1. The summed E-state index contributed by atoms with van der Waals surface area (Å²) in [7, 11) is 1.41. The summed E-state index contributed by atoms with van der Waals surface area (Å²) in [5.74, 6) is 0.282. The highest BCUT2D eigenvalue weighted by molar-refractivity contribution is 5.92. The number of nitro benzene ring substituents is 1. The third kappa shape index (κ3) is 2.51. The summed E-state index contributed by atoms with van der Waals surface area (Å²) in [6.07, 6.45) is 1.95. The zero-order valence-corrected chi connectivity index (χ0v) is 10.3. The highest BCUT2D eigenvalue weighted by Gasteiger charge is 2.30. The lowest BCUT2D eigenvalue weighted by atomic mass is 10.1. The van der Waals surface area contributed by atoms with Gasteiger partial charge < -0.3 is 5.32 Å². The Balaban J connectivity index is 2.49. The Morgan fingerprint density at radius 1 is 1.58 bits per heavy atom. The van der Waals surface area contributed by atoms with Crippen molar-refractivity contribution in [1.82, 2.24) is 5.32 Å². The van der Waals surface area contributed by atoms with Crippen LogP contribution in [0.4, 0.5) is 16.2 Å². The molecule has 1 fully saturated rings. The average Bonchev–Trinajstić information content (AvgIpc) is 3.23. The summed E-state index contributed by atoms with van der Waals surface area (Å²) >= 11 is 0. The zero-order chi connectivity index (χ0) is 14.0. The maximum Gasteiger partial charge on any atom is 0.343 e. The number of rotatable bonds is 4. The molecule has 0 spiro atoms. The Morgan fingerprint density at radius 2 is 2.26 bits per heavy atom. The van der Waals surface area contributed by atoms with E-state index in [2.05, 4.69) is 10.5 Å². The predicted octanol–water partition coefficient (Wildman–Crippen LogP) is 2.56. The van der Waals surface area contributed by atoms with E-state index >= 15 is 0 Å². The first-order valence-electron chi connectivity index (χ1n) is 5.76. The van der Waals surface area contributed by atoms with Crippen LogP contribution in [0.1, 0.15) is 24.3 Å². The zero-order valence-electron chi connectivity index (χ0n) is 10.3. The average molecular weight is 263 g/mol. The molecule has 0 radical (unpaired) electrons. The van der Waals surface area contributed by atoms with Crippen LogP contribution in [0.15, 0.2) is 23.4 Å². The number of nitro groups is 1. The fourth-order valence-corrected chi connectivity index (χ4v) is 1.88. The standard InChI is InChI=1S/C11H13N5O3/c1-13-11(17)15(14-12)10-6-8(16(18)19)4-5-9(10)7-2-3-7/h4-7,12H,2-3H2,1H3,(H,13,17). The Hall–Kier alpha value is -2.51. The maximum absolute atomic E-state index is 11.7. The van der Waals surface area contributed by atoms with E-state index in [9.17, 15) is 14.9 Å². The van der Waals surface area contributed by atoms with Crippen molar-refractivity contribution in [2.45, 2.75) is 18.8 Å². The van der Waals surface area contributed by atoms with Crippen molar-refractivity contribution in [2.24, 2.45) is 5.22 Å². The van der Waals surface area contributed by atoms with Crippen LogP contribution in [-0.4, -0.2) is 18.0 Å². The van der Waals surface area contributed by atoms with Gasteiger partial charge in [-0.3, -0.25) is 10.1 Å². The van der Waals surface area contributed by atoms with Crippen LogP contribution in [0.5, 0.6) is 0 Å². The van der Waals surface area contributed by atoms with Crippen molar-refractivity contribution in [1.29, 1.82) is 5.53 Å². The van der Waals surface area contributed by atoms with Crippen molar-refractivity contribution in [3.8, 4) is 0 Å². The molecule has 0 bridgehead atoms. The lowest BCUT2D eigenvalue weighted by Crippen LogP contribution is -2.34. The molecule has 8 heteroatoms. The van der Waals surface area contributed by atoms with Gasteiger partial charge in [0, 0.05) is 19.2 Å². The molecular weight excluding hydrogens is 250 g/mol. The van der Waals surface area contributed by atoms with Gasteiger partial charge >= 0.3 is 6.03 Å². The predicted molar refractivity (Wildman–Crippen MR) is 67.2 cm³/mol. The van der Waals surface area contributed by atoms with Gasteiger partial charge in [-0.05, 0) is 30.4 Å². The number of carbonyl (C=O) groups is 1. The molecule has 0 heterocycles. The first-order chi connectivity index (χ1) is 9.08. The molecule has 0 aliphatic heterocycles. The van der Waals surface area contributed by atoms with Gasteiger partial charge in [0.25, 0.3) is 5.69 Å². The largest absolute Gasteiger partial charge is 0.343 e. The normalized spacial score (nSPS) is 13.7. The highest BCUT2D eigenvalue weighted by Crippen LogP contribution is 2.45. The quantitative estimate of drug-likeness (QED) is 0.494. The molecule has 0 saturated heterocycles. The number of non-ortho nitro benzene ring substituents is 1. The van der Waals surface area contributed by atoms with Crippen LogP contribution >= 0.6 is 0 Å². The number of hydrogen-bond donors (Lipinski definition) is 2. The van der Waals surface area contributed by atoms with E-state index in [1.807, 2.05) is 0 Å². The highest BCUT2D eigenvalue weighted by atomic mass is 16.6.